The second-order valence-electron chi connectivity index (χ2n) is 6.44. The Labute approximate surface area is 119 Å². The SMILES string of the molecule is CCCNC(C)C1CCN(CC2CCOCC2)CC1. The molecule has 2 fully saturated rings. The Morgan fingerprint density at radius 2 is 1.84 bits per heavy atom. The Balaban J connectivity index is 1.64. The summed E-state index contributed by atoms with van der Waals surface area (Å²) in [7, 11) is 0. The standard InChI is InChI=1S/C16H32N2O/c1-3-8-17-14(2)16-4-9-18(10-5-16)13-15-6-11-19-12-7-15/h14-17H,3-13H2,1-2H3. The molecule has 0 saturated carbocycles. The molecular formula is C16H32N2O. The van der Waals surface area contributed by atoms with Crippen LogP contribution in [0.1, 0.15) is 46.0 Å². The lowest BCUT2D eigenvalue weighted by atomic mass is 9.89. The normalized spacial score (nSPS) is 25.6. The zero-order valence-corrected chi connectivity index (χ0v) is 12.9. The van der Waals surface area contributed by atoms with Gasteiger partial charge in [-0.1, -0.05) is 6.92 Å². The van der Waals surface area contributed by atoms with Gasteiger partial charge in [0, 0.05) is 25.8 Å². The van der Waals surface area contributed by atoms with E-state index in [9.17, 15) is 0 Å². The van der Waals surface area contributed by atoms with Gasteiger partial charge >= 0.3 is 0 Å². The molecule has 0 aromatic heterocycles. The average Bonchev–Trinajstić information content (AvgIpc) is 2.46. The van der Waals surface area contributed by atoms with Crippen LogP contribution in [-0.4, -0.2) is 50.3 Å². The Hall–Kier alpha value is -0.120. The summed E-state index contributed by atoms with van der Waals surface area (Å²) in [5.41, 5.74) is 0. The fourth-order valence-electron chi connectivity index (χ4n) is 3.47. The van der Waals surface area contributed by atoms with Crippen LogP contribution in [0, 0.1) is 11.8 Å². The summed E-state index contributed by atoms with van der Waals surface area (Å²) >= 11 is 0. The number of nitrogens with zero attached hydrogens (tertiary/aromatic N) is 1. The fourth-order valence-corrected chi connectivity index (χ4v) is 3.47. The molecule has 0 spiro atoms. The highest BCUT2D eigenvalue weighted by Crippen LogP contribution is 2.23. The van der Waals surface area contributed by atoms with Gasteiger partial charge in [0.05, 0.1) is 0 Å². The van der Waals surface area contributed by atoms with Crippen molar-refractivity contribution in [1.29, 1.82) is 0 Å². The first-order chi connectivity index (χ1) is 9.29. The van der Waals surface area contributed by atoms with Gasteiger partial charge in [-0.05, 0) is 70.5 Å². The molecule has 0 radical (unpaired) electrons. The number of piperidine rings is 1. The molecule has 0 aromatic carbocycles. The molecule has 0 aromatic rings. The van der Waals surface area contributed by atoms with Gasteiger partial charge in [0.1, 0.15) is 0 Å². The summed E-state index contributed by atoms with van der Waals surface area (Å²) < 4.78 is 5.45. The Bertz CT molecular complexity index is 233. The summed E-state index contributed by atoms with van der Waals surface area (Å²) in [4.78, 5) is 2.69. The van der Waals surface area contributed by atoms with Gasteiger partial charge in [-0.15, -0.1) is 0 Å². The topological polar surface area (TPSA) is 24.5 Å². The summed E-state index contributed by atoms with van der Waals surface area (Å²) in [6, 6.07) is 0.699. The summed E-state index contributed by atoms with van der Waals surface area (Å²) in [5, 5.41) is 3.66. The first kappa shape index (κ1) is 15.3. The second-order valence-corrected chi connectivity index (χ2v) is 6.44. The number of ether oxygens (including phenoxy) is 1. The molecule has 1 N–H and O–H groups in total. The summed E-state index contributed by atoms with van der Waals surface area (Å²) in [5.74, 6) is 1.78. The minimum atomic E-state index is 0.699. The highest BCUT2D eigenvalue weighted by Gasteiger charge is 2.25. The van der Waals surface area contributed by atoms with E-state index in [1.54, 1.807) is 0 Å². The first-order valence-corrected chi connectivity index (χ1v) is 8.33. The van der Waals surface area contributed by atoms with Gasteiger partial charge in [-0.3, -0.25) is 0 Å². The molecule has 3 nitrogen and oxygen atoms in total. The molecular weight excluding hydrogens is 236 g/mol. The molecule has 2 heterocycles. The summed E-state index contributed by atoms with van der Waals surface area (Å²) in [6.07, 6.45) is 6.54. The highest BCUT2D eigenvalue weighted by molar-refractivity contribution is 4.80. The molecule has 19 heavy (non-hydrogen) atoms. The van der Waals surface area contributed by atoms with E-state index in [-0.39, 0.29) is 0 Å². The Kier molecular flexibility index (Phi) is 6.62. The first-order valence-electron chi connectivity index (χ1n) is 8.33. The third kappa shape index (κ3) is 5.05. The molecule has 2 aliphatic rings. The van der Waals surface area contributed by atoms with Gasteiger partial charge in [-0.2, -0.15) is 0 Å². The van der Waals surface area contributed by atoms with Crippen LogP contribution in [0.15, 0.2) is 0 Å². The third-order valence-corrected chi connectivity index (χ3v) is 4.91. The smallest absolute Gasteiger partial charge is 0.0469 e. The van der Waals surface area contributed by atoms with Crippen LogP contribution in [0.25, 0.3) is 0 Å². The van der Waals surface area contributed by atoms with Crippen molar-refractivity contribution in [2.24, 2.45) is 11.8 Å². The molecule has 0 bridgehead atoms. The van der Waals surface area contributed by atoms with Crippen molar-refractivity contribution >= 4 is 0 Å². The van der Waals surface area contributed by atoms with Crippen LogP contribution < -0.4 is 5.32 Å². The van der Waals surface area contributed by atoms with E-state index >= 15 is 0 Å². The Morgan fingerprint density at radius 1 is 1.16 bits per heavy atom. The molecule has 3 heteroatoms. The van der Waals surface area contributed by atoms with E-state index in [0.29, 0.717) is 6.04 Å². The predicted molar refractivity (Wildman–Crippen MR) is 80.5 cm³/mol. The molecule has 2 saturated heterocycles. The van der Waals surface area contributed by atoms with Crippen molar-refractivity contribution < 1.29 is 4.74 Å². The van der Waals surface area contributed by atoms with Crippen molar-refractivity contribution in [2.75, 3.05) is 39.4 Å². The lowest BCUT2D eigenvalue weighted by Gasteiger charge is -2.37. The number of hydrogen-bond acceptors (Lipinski definition) is 3. The Morgan fingerprint density at radius 3 is 2.47 bits per heavy atom. The molecule has 112 valence electrons. The maximum absolute atomic E-state index is 5.45. The van der Waals surface area contributed by atoms with E-state index in [1.165, 1.54) is 58.3 Å². The van der Waals surface area contributed by atoms with E-state index in [4.69, 9.17) is 4.74 Å². The largest absolute Gasteiger partial charge is 0.381 e. The maximum atomic E-state index is 5.45. The number of nitrogens with one attached hydrogen (secondary N) is 1. The molecule has 2 rings (SSSR count). The molecule has 0 aliphatic carbocycles. The number of hydrogen-bond donors (Lipinski definition) is 1. The monoisotopic (exact) mass is 268 g/mol. The van der Waals surface area contributed by atoms with Crippen LogP contribution in [0.2, 0.25) is 0 Å². The van der Waals surface area contributed by atoms with Gasteiger partial charge < -0.3 is 15.0 Å². The van der Waals surface area contributed by atoms with E-state index in [0.717, 1.165) is 25.0 Å². The average molecular weight is 268 g/mol. The minimum absolute atomic E-state index is 0.699. The number of likely N-dealkylation sites (tertiary alicyclic amines) is 1. The van der Waals surface area contributed by atoms with E-state index in [1.807, 2.05) is 0 Å². The van der Waals surface area contributed by atoms with Gasteiger partial charge in [0.2, 0.25) is 0 Å². The van der Waals surface area contributed by atoms with Crippen molar-refractivity contribution in [3.8, 4) is 0 Å². The predicted octanol–water partition coefficient (Wildman–Crippen LogP) is 2.51. The van der Waals surface area contributed by atoms with Crippen LogP contribution in [0.3, 0.4) is 0 Å². The lowest BCUT2D eigenvalue weighted by Crippen LogP contribution is -2.43. The second kappa shape index (κ2) is 8.23. The van der Waals surface area contributed by atoms with E-state index in [2.05, 4.69) is 24.1 Å². The molecule has 0 amide bonds. The maximum Gasteiger partial charge on any atom is 0.0469 e. The van der Waals surface area contributed by atoms with Crippen LogP contribution in [-0.2, 0) is 4.74 Å². The van der Waals surface area contributed by atoms with E-state index < -0.39 is 0 Å². The van der Waals surface area contributed by atoms with Crippen molar-refractivity contribution in [1.82, 2.24) is 10.2 Å². The molecule has 2 aliphatic heterocycles. The van der Waals surface area contributed by atoms with Crippen LogP contribution >= 0.6 is 0 Å². The van der Waals surface area contributed by atoms with Crippen molar-refractivity contribution in [3.63, 3.8) is 0 Å². The lowest BCUT2D eigenvalue weighted by molar-refractivity contribution is 0.0455. The summed E-state index contributed by atoms with van der Waals surface area (Å²) in [6.45, 7) is 11.7. The van der Waals surface area contributed by atoms with Gasteiger partial charge in [0.25, 0.3) is 0 Å². The molecule has 1 atom stereocenters. The van der Waals surface area contributed by atoms with Gasteiger partial charge in [-0.25, -0.2) is 0 Å². The van der Waals surface area contributed by atoms with Crippen LogP contribution in [0.4, 0.5) is 0 Å². The number of rotatable bonds is 6. The zero-order valence-electron chi connectivity index (χ0n) is 12.9. The minimum Gasteiger partial charge on any atom is -0.381 e. The van der Waals surface area contributed by atoms with Crippen LogP contribution in [0.5, 0.6) is 0 Å². The molecule has 1 unspecified atom stereocenters. The third-order valence-electron chi connectivity index (χ3n) is 4.91. The van der Waals surface area contributed by atoms with Gasteiger partial charge in [0.15, 0.2) is 0 Å². The fraction of sp³-hybridized carbons (Fsp3) is 1.00. The quantitative estimate of drug-likeness (QED) is 0.801. The van der Waals surface area contributed by atoms with Crippen molar-refractivity contribution in [2.45, 2.75) is 52.0 Å². The van der Waals surface area contributed by atoms with Crippen molar-refractivity contribution in [3.05, 3.63) is 0 Å². The highest BCUT2D eigenvalue weighted by atomic mass is 16.5. The zero-order chi connectivity index (χ0) is 13.5.